The van der Waals surface area contributed by atoms with E-state index < -0.39 is 44.0 Å². The van der Waals surface area contributed by atoms with Crippen molar-refractivity contribution in [2.75, 3.05) is 11.9 Å². The SMILES string of the molecule is NC[C@@]1(O)C2CC[C@H]1C[C@H](S(=O)(=O)c1cc(C(=O)Nc3cc(F)c(F)c(F)c3)ccc1Cl)C2. The van der Waals surface area contributed by atoms with Gasteiger partial charge < -0.3 is 16.2 Å². The van der Waals surface area contributed by atoms with E-state index in [9.17, 15) is 31.5 Å². The summed E-state index contributed by atoms with van der Waals surface area (Å²) in [6.45, 7) is 0.0656. The second kappa shape index (κ2) is 8.57. The van der Waals surface area contributed by atoms with Crippen molar-refractivity contribution in [3.8, 4) is 0 Å². The number of hydrogen-bond donors (Lipinski definition) is 3. The molecule has 1 unspecified atom stereocenters. The van der Waals surface area contributed by atoms with Gasteiger partial charge in [-0.25, -0.2) is 21.6 Å². The van der Waals surface area contributed by atoms with Crippen LogP contribution in [0.4, 0.5) is 18.9 Å². The van der Waals surface area contributed by atoms with Crippen molar-refractivity contribution in [1.29, 1.82) is 0 Å². The van der Waals surface area contributed by atoms with Gasteiger partial charge in [0.25, 0.3) is 5.91 Å². The summed E-state index contributed by atoms with van der Waals surface area (Å²) in [5.41, 5.74) is 4.24. The van der Waals surface area contributed by atoms with Crippen LogP contribution in [-0.4, -0.2) is 36.8 Å². The van der Waals surface area contributed by atoms with Gasteiger partial charge in [-0.05, 0) is 55.7 Å². The molecule has 2 saturated carbocycles. The molecule has 0 aromatic heterocycles. The minimum Gasteiger partial charge on any atom is -0.388 e. The fourth-order valence-corrected chi connectivity index (χ4v) is 7.47. The molecular formula is C22H22ClF3N2O4S. The number of rotatable bonds is 5. The van der Waals surface area contributed by atoms with Crippen molar-refractivity contribution >= 4 is 33.0 Å². The molecule has 2 aliphatic carbocycles. The quantitative estimate of drug-likeness (QED) is 0.541. The summed E-state index contributed by atoms with van der Waals surface area (Å²) in [5.74, 6) is -5.96. The van der Waals surface area contributed by atoms with Crippen molar-refractivity contribution in [2.24, 2.45) is 17.6 Å². The molecule has 0 aliphatic heterocycles. The number of carbonyl (C=O) groups is 1. The topological polar surface area (TPSA) is 109 Å². The number of amides is 1. The van der Waals surface area contributed by atoms with E-state index in [2.05, 4.69) is 5.32 Å². The standard InChI is InChI=1S/C22H22ClF3N2O4S/c23-16-4-1-11(21(29)28-14-8-17(24)20(26)18(25)9-14)5-19(16)33(31,32)15-6-12-2-3-13(7-15)22(12,30)10-27/h1,4-5,8-9,12-13,15,30H,2-3,6-7,10,27H2,(H,28,29)/t12-,13?,15-,22-/m0/s1. The Morgan fingerprint density at radius 1 is 1.12 bits per heavy atom. The van der Waals surface area contributed by atoms with Crippen molar-refractivity contribution < 1.29 is 31.5 Å². The number of halogens is 4. The third kappa shape index (κ3) is 4.14. The zero-order valence-electron chi connectivity index (χ0n) is 17.3. The van der Waals surface area contributed by atoms with Crippen LogP contribution in [0.3, 0.4) is 0 Å². The lowest BCUT2D eigenvalue weighted by atomic mass is 9.74. The van der Waals surface area contributed by atoms with Crippen LogP contribution in [0.5, 0.6) is 0 Å². The van der Waals surface area contributed by atoms with Crippen molar-refractivity contribution in [1.82, 2.24) is 0 Å². The molecule has 4 atom stereocenters. The minimum absolute atomic E-state index is 0.0656. The number of nitrogens with two attached hydrogens (primary N) is 1. The van der Waals surface area contributed by atoms with Crippen LogP contribution in [-0.2, 0) is 9.84 Å². The Morgan fingerprint density at radius 3 is 2.24 bits per heavy atom. The van der Waals surface area contributed by atoms with Gasteiger partial charge in [0.05, 0.1) is 20.8 Å². The smallest absolute Gasteiger partial charge is 0.255 e. The first-order valence-electron chi connectivity index (χ1n) is 10.4. The van der Waals surface area contributed by atoms with Crippen molar-refractivity contribution in [2.45, 2.75) is 41.4 Å². The van der Waals surface area contributed by atoms with Crippen LogP contribution >= 0.6 is 11.6 Å². The van der Waals surface area contributed by atoms with E-state index in [0.717, 1.165) is 6.07 Å². The molecule has 11 heteroatoms. The highest BCUT2D eigenvalue weighted by Crippen LogP contribution is 2.51. The predicted octanol–water partition coefficient (Wildman–Crippen LogP) is 3.66. The van der Waals surface area contributed by atoms with E-state index in [4.69, 9.17) is 17.3 Å². The van der Waals surface area contributed by atoms with Crippen LogP contribution in [0.2, 0.25) is 5.02 Å². The van der Waals surface area contributed by atoms with E-state index in [-0.39, 0.29) is 52.4 Å². The van der Waals surface area contributed by atoms with Crippen LogP contribution in [0, 0.1) is 29.3 Å². The van der Waals surface area contributed by atoms with Gasteiger partial charge in [0.15, 0.2) is 27.3 Å². The van der Waals surface area contributed by atoms with Gasteiger partial charge >= 0.3 is 0 Å². The molecule has 2 bridgehead atoms. The average Bonchev–Trinajstić information content (AvgIpc) is 2.93. The number of nitrogens with one attached hydrogen (secondary N) is 1. The summed E-state index contributed by atoms with van der Waals surface area (Å²) < 4.78 is 66.8. The third-order valence-corrected chi connectivity index (χ3v) is 9.53. The highest BCUT2D eigenvalue weighted by atomic mass is 35.5. The molecule has 6 nitrogen and oxygen atoms in total. The minimum atomic E-state index is -3.96. The summed E-state index contributed by atoms with van der Waals surface area (Å²) in [7, 11) is -3.96. The number of fused-ring (bicyclic) bond motifs is 2. The molecule has 0 radical (unpaired) electrons. The van der Waals surface area contributed by atoms with Crippen LogP contribution in [0.25, 0.3) is 0 Å². The molecule has 178 valence electrons. The first-order chi connectivity index (χ1) is 15.5. The lowest BCUT2D eigenvalue weighted by Crippen LogP contribution is -2.52. The maximum absolute atomic E-state index is 13.4. The molecule has 1 amide bonds. The molecule has 2 aromatic rings. The number of anilines is 1. The second-order valence-corrected chi connectivity index (χ2v) is 11.3. The normalized spacial score (nSPS) is 26.9. The third-order valence-electron chi connectivity index (χ3n) is 6.88. The second-order valence-electron chi connectivity index (χ2n) is 8.66. The summed E-state index contributed by atoms with van der Waals surface area (Å²) >= 11 is 6.17. The molecular weight excluding hydrogens is 481 g/mol. The molecule has 0 heterocycles. The van der Waals surface area contributed by atoms with E-state index >= 15 is 0 Å². The maximum Gasteiger partial charge on any atom is 0.255 e. The van der Waals surface area contributed by atoms with Gasteiger partial charge in [-0.15, -0.1) is 0 Å². The zero-order valence-corrected chi connectivity index (χ0v) is 18.9. The van der Waals surface area contributed by atoms with Gasteiger partial charge in [-0.2, -0.15) is 0 Å². The van der Waals surface area contributed by atoms with Crippen molar-refractivity contribution in [3.05, 3.63) is 58.4 Å². The highest BCUT2D eigenvalue weighted by Gasteiger charge is 2.55. The Hall–Kier alpha value is -2.14. The van der Waals surface area contributed by atoms with Gasteiger partial charge in [-0.3, -0.25) is 4.79 Å². The maximum atomic E-state index is 13.4. The van der Waals surface area contributed by atoms with Gasteiger partial charge in [-0.1, -0.05) is 11.6 Å². The Labute approximate surface area is 193 Å². The Balaban J connectivity index is 1.60. The summed E-state index contributed by atoms with van der Waals surface area (Å²) in [4.78, 5) is 12.4. The molecule has 33 heavy (non-hydrogen) atoms. The number of sulfone groups is 1. The zero-order chi connectivity index (χ0) is 24.1. The molecule has 2 aliphatic rings. The lowest BCUT2D eigenvalue weighted by molar-refractivity contribution is -0.0498. The summed E-state index contributed by atoms with van der Waals surface area (Å²) in [6.07, 6.45) is 1.83. The number of benzene rings is 2. The largest absolute Gasteiger partial charge is 0.388 e. The number of hydrogen-bond acceptors (Lipinski definition) is 5. The molecule has 0 saturated heterocycles. The average molecular weight is 503 g/mol. The van der Waals surface area contributed by atoms with Crippen LogP contribution in [0.15, 0.2) is 35.2 Å². The molecule has 4 N–H and O–H groups in total. The molecule has 0 spiro atoms. The first kappa shape index (κ1) is 24.0. The van der Waals surface area contributed by atoms with E-state index in [0.29, 0.717) is 25.0 Å². The Kier molecular flexibility index (Phi) is 6.24. The van der Waals surface area contributed by atoms with Crippen molar-refractivity contribution in [3.63, 3.8) is 0 Å². The highest BCUT2D eigenvalue weighted by molar-refractivity contribution is 7.92. The van der Waals surface area contributed by atoms with Crippen LogP contribution in [0.1, 0.15) is 36.0 Å². The van der Waals surface area contributed by atoms with Gasteiger partial charge in [0, 0.05) is 29.9 Å². The Bertz CT molecular complexity index is 1190. The van der Waals surface area contributed by atoms with Gasteiger partial charge in [0.2, 0.25) is 0 Å². The lowest BCUT2D eigenvalue weighted by Gasteiger charge is -2.41. The van der Waals surface area contributed by atoms with Crippen LogP contribution < -0.4 is 11.1 Å². The fraction of sp³-hybridized carbons (Fsp3) is 0.409. The monoisotopic (exact) mass is 502 g/mol. The van der Waals surface area contributed by atoms with E-state index in [1.807, 2.05) is 0 Å². The molecule has 4 rings (SSSR count). The summed E-state index contributed by atoms with van der Waals surface area (Å²) in [6, 6.07) is 4.85. The van der Waals surface area contributed by atoms with Gasteiger partial charge in [0.1, 0.15) is 0 Å². The fourth-order valence-electron chi connectivity index (χ4n) is 5.07. The number of carbonyl (C=O) groups excluding carboxylic acids is 1. The number of aliphatic hydroxyl groups is 1. The van der Waals surface area contributed by atoms with E-state index in [1.54, 1.807) is 0 Å². The Morgan fingerprint density at radius 2 is 1.70 bits per heavy atom. The molecule has 2 aromatic carbocycles. The van der Waals surface area contributed by atoms with E-state index in [1.165, 1.54) is 12.1 Å². The molecule has 2 fully saturated rings. The predicted molar refractivity (Wildman–Crippen MR) is 116 cm³/mol. The summed E-state index contributed by atoms with van der Waals surface area (Å²) in [5, 5.41) is 12.2. The first-order valence-corrected chi connectivity index (χ1v) is 12.3.